The molecule has 6 nitrogen and oxygen atoms in total. The molecule has 1 aromatic heterocycles. The molecule has 7 heteroatoms. The van der Waals surface area contributed by atoms with Crippen LogP contribution in [0.5, 0.6) is 0 Å². The van der Waals surface area contributed by atoms with E-state index >= 15 is 0 Å². The SMILES string of the molecule is CNc1cc(C(=O)N2CCC[C@@H](C(=O)O)C2)cc(Cl)n1. The molecule has 1 aliphatic rings. The zero-order valence-electron chi connectivity index (χ0n) is 11.1. The summed E-state index contributed by atoms with van der Waals surface area (Å²) < 4.78 is 0. The Labute approximate surface area is 121 Å². The Morgan fingerprint density at radius 3 is 2.90 bits per heavy atom. The Balaban J connectivity index is 2.18. The summed E-state index contributed by atoms with van der Waals surface area (Å²) >= 11 is 5.87. The number of carboxylic acids is 1. The van der Waals surface area contributed by atoms with Crippen molar-refractivity contribution < 1.29 is 14.7 Å². The van der Waals surface area contributed by atoms with Gasteiger partial charge in [0.15, 0.2) is 0 Å². The molecule has 1 saturated heterocycles. The van der Waals surface area contributed by atoms with Gasteiger partial charge in [0.2, 0.25) is 0 Å². The normalized spacial score (nSPS) is 18.7. The standard InChI is InChI=1S/C13H16ClN3O3/c1-15-11-6-9(5-10(14)16-11)12(18)17-4-2-3-8(7-17)13(19)20/h5-6,8H,2-4,7H2,1H3,(H,15,16)(H,19,20)/t8-/m1/s1. The number of rotatable bonds is 3. The first-order chi connectivity index (χ1) is 9.51. The van der Waals surface area contributed by atoms with Gasteiger partial charge in [-0.1, -0.05) is 11.6 Å². The van der Waals surface area contributed by atoms with E-state index in [4.69, 9.17) is 16.7 Å². The van der Waals surface area contributed by atoms with Gasteiger partial charge >= 0.3 is 5.97 Å². The van der Waals surface area contributed by atoms with Crippen molar-refractivity contribution in [1.29, 1.82) is 0 Å². The molecule has 0 bridgehead atoms. The van der Waals surface area contributed by atoms with Crippen LogP contribution in [-0.2, 0) is 4.79 Å². The largest absolute Gasteiger partial charge is 0.481 e. The Morgan fingerprint density at radius 1 is 1.50 bits per heavy atom. The molecule has 0 aliphatic carbocycles. The van der Waals surface area contributed by atoms with Gasteiger partial charge in [-0.05, 0) is 25.0 Å². The molecular formula is C13H16ClN3O3. The molecule has 0 radical (unpaired) electrons. The number of piperidine rings is 1. The summed E-state index contributed by atoms with van der Waals surface area (Å²) in [6, 6.07) is 3.10. The number of anilines is 1. The minimum absolute atomic E-state index is 0.211. The highest BCUT2D eigenvalue weighted by Gasteiger charge is 2.28. The molecule has 2 rings (SSSR count). The Hall–Kier alpha value is -1.82. The average Bonchev–Trinajstić information content (AvgIpc) is 2.45. The number of carbonyl (C=O) groups is 2. The molecule has 2 heterocycles. The molecule has 20 heavy (non-hydrogen) atoms. The van der Waals surface area contributed by atoms with Gasteiger partial charge in [-0.15, -0.1) is 0 Å². The highest BCUT2D eigenvalue weighted by atomic mass is 35.5. The number of nitrogens with zero attached hydrogens (tertiary/aromatic N) is 2. The fourth-order valence-corrected chi connectivity index (χ4v) is 2.50. The highest BCUT2D eigenvalue weighted by molar-refractivity contribution is 6.29. The quantitative estimate of drug-likeness (QED) is 0.830. The van der Waals surface area contributed by atoms with E-state index in [-0.39, 0.29) is 17.6 Å². The van der Waals surface area contributed by atoms with Crippen LogP contribution in [0.1, 0.15) is 23.2 Å². The van der Waals surface area contributed by atoms with Crippen LogP contribution in [0.3, 0.4) is 0 Å². The minimum Gasteiger partial charge on any atom is -0.481 e. The summed E-state index contributed by atoms with van der Waals surface area (Å²) in [5.74, 6) is -1.05. The summed E-state index contributed by atoms with van der Waals surface area (Å²) in [5, 5.41) is 12.1. The van der Waals surface area contributed by atoms with Crippen LogP contribution in [0, 0.1) is 5.92 Å². The molecule has 1 amide bonds. The van der Waals surface area contributed by atoms with Crippen LogP contribution in [0.4, 0.5) is 5.82 Å². The molecule has 1 aliphatic heterocycles. The van der Waals surface area contributed by atoms with Gasteiger partial charge in [-0.25, -0.2) is 4.98 Å². The van der Waals surface area contributed by atoms with Crippen molar-refractivity contribution >= 4 is 29.3 Å². The maximum Gasteiger partial charge on any atom is 0.308 e. The van der Waals surface area contributed by atoms with Crippen molar-refractivity contribution in [1.82, 2.24) is 9.88 Å². The second-order valence-electron chi connectivity index (χ2n) is 4.74. The minimum atomic E-state index is -0.855. The van der Waals surface area contributed by atoms with Crippen LogP contribution in [0.15, 0.2) is 12.1 Å². The molecule has 1 fully saturated rings. The molecule has 2 N–H and O–H groups in total. The second-order valence-corrected chi connectivity index (χ2v) is 5.13. The van der Waals surface area contributed by atoms with Gasteiger partial charge in [0.25, 0.3) is 5.91 Å². The van der Waals surface area contributed by atoms with E-state index in [0.717, 1.165) is 0 Å². The fraction of sp³-hybridized carbons (Fsp3) is 0.462. The van der Waals surface area contributed by atoms with Crippen LogP contribution >= 0.6 is 11.6 Å². The number of amides is 1. The number of pyridine rings is 1. The maximum absolute atomic E-state index is 12.4. The van der Waals surface area contributed by atoms with Crippen molar-refractivity contribution in [2.24, 2.45) is 5.92 Å². The number of carbonyl (C=O) groups excluding carboxylic acids is 1. The maximum atomic E-state index is 12.4. The summed E-state index contributed by atoms with van der Waals surface area (Å²) in [4.78, 5) is 29.0. The van der Waals surface area contributed by atoms with Crippen LogP contribution in [0.25, 0.3) is 0 Å². The van der Waals surface area contributed by atoms with E-state index in [0.29, 0.717) is 30.8 Å². The topological polar surface area (TPSA) is 82.5 Å². The van der Waals surface area contributed by atoms with Gasteiger partial charge in [0.05, 0.1) is 5.92 Å². The van der Waals surface area contributed by atoms with E-state index in [1.54, 1.807) is 18.0 Å². The third-order valence-electron chi connectivity index (χ3n) is 3.36. The lowest BCUT2D eigenvalue weighted by Crippen LogP contribution is -2.42. The second kappa shape index (κ2) is 6.09. The lowest BCUT2D eigenvalue weighted by molar-refractivity contribution is -0.143. The number of carboxylic acid groups (broad SMARTS) is 1. The Kier molecular flexibility index (Phi) is 4.44. The van der Waals surface area contributed by atoms with Gasteiger partial charge in [-0.3, -0.25) is 9.59 Å². The number of halogens is 1. The number of hydrogen-bond donors (Lipinski definition) is 2. The van der Waals surface area contributed by atoms with Crippen LogP contribution in [0.2, 0.25) is 5.15 Å². The van der Waals surface area contributed by atoms with Crippen LogP contribution < -0.4 is 5.32 Å². The predicted molar refractivity (Wildman–Crippen MR) is 75.1 cm³/mol. The molecule has 0 aromatic carbocycles. The van der Waals surface area contributed by atoms with Crippen molar-refractivity contribution in [3.63, 3.8) is 0 Å². The molecule has 0 spiro atoms. The highest BCUT2D eigenvalue weighted by Crippen LogP contribution is 2.21. The fourth-order valence-electron chi connectivity index (χ4n) is 2.29. The predicted octanol–water partition coefficient (Wildman–Crippen LogP) is 1.71. The lowest BCUT2D eigenvalue weighted by Gasteiger charge is -2.30. The van der Waals surface area contributed by atoms with E-state index < -0.39 is 11.9 Å². The van der Waals surface area contributed by atoms with Crippen molar-refractivity contribution in [3.05, 3.63) is 22.8 Å². The molecule has 0 saturated carbocycles. The number of nitrogens with one attached hydrogen (secondary N) is 1. The van der Waals surface area contributed by atoms with Crippen LogP contribution in [-0.4, -0.2) is 47.0 Å². The average molecular weight is 298 g/mol. The summed E-state index contributed by atoms with van der Waals surface area (Å²) in [6.45, 7) is 0.806. The first-order valence-corrected chi connectivity index (χ1v) is 6.76. The molecular weight excluding hydrogens is 282 g/mol. The lowest BCUT2D eigenvalue weighted by atomic mass is 9.98. The van der Waals surface area contributed by atoms with Gasteiger partial charge < -0.3 is 15.3 Å². The van der Waals surface area contributed by atoms with Crippen molar-refractivity contribution in [3.8, 4) is 0 Å². The van der Waals surface area contributed by atoms with Gasteiger partial charge in [0, 0.05) is 25.7 Å². The van der Waals surface area contributed by atoms with E-state index in [9.17, 15) is 9.59 Å². The summed E-state index contributed by atoms with van der Waals surface area (Å²) in [5.41, 5.74) is 0.417. The summed E-state index contributed by atoms with van der Waals surface area (Å²) in [6.07, 6.45) is 1.30. The Morgan fingerprint density at radius 2 is 2.25 bits per heavy atom. The Bertz CT molecular complexity index is 536. The van der Waals surface area contributed by atoms with Crippen molar-refractivity contribution in [2.75, 3.05) is 25.5 Å². The summed E-state index contributed by atoms with van der Waals surface area (Å²) in [7, 11) is 1.69. The monoisotopic (exact) mass is 297 g/mol. The molecule has 1 atom stereocenters. The zero-order valence-corrected chi connectivity index (χ0v) is 11.9. The number of aliphatic carboxylic acids is 1. The molecule has 108 valence electrons. The van der Waals surface area contributed by atoms with E-state index in [1.165, 1.54) is 6.07 Å². The van der Waals surface area contributed by atoms with E-state index in [2.05, 4.69) is 10.3 Å². The van der Waals surface area contributed by atoms with E-state index in [1.807, 2.05) is 0 Å². The van der Waals surface area contributed by atoms with Gasteiger partial charge in [0.1, 0.15) is 11.0 Å². The zero-order chi connectivity index (χ0) is 14.7. The molecule has 0 unspecified atom stereocenters. The van der Waals surface area contributed by atoms with Crippen molar-refractivity contribution in [2.45, 2.75) is 12.8 Å². The number of likely N-dealkylation sites (tertiary alicyclic amines) is 1. The molecule has 1 aromatic rings. The number of aromatic nitrogens is 1. The van der Waals surface area contributed by atoms with Gasteiger partial charge in [-0.2, -0.15) is 0 Å². The smallest absolute Gasteiger partial charge is 0.308 e. The number of hydrogen-bond acceptors (Lipinski definition) is 4. The first-order valence-electron chi connectivity index (χ1n) is 6.38. The first kappa shape index (κ1) is 14.6. The third-order valence-corrected chi connectivity index (χ3v) is 3.55. The third kappa shape index (κ3) is 3.19.